The lowest BCUT2D eigenvalue weighted by Crippen LogP contribution is -2.48. The molecule has 3 aliphatic rings. The fraction of sp³-hybridized carbons (Fsp3) is 0.769. The maximum atomic E-state index is 13.0. The molecule has 0 spiro atoms. The molecule has 1 saturated carbocycles. The quantitative estimate of drug-likeness (QED) is 0.595. The Balaban J connectivity index is 1.47. The summed E-state index contributed by atoms with van der Waals surface area (Å²) in [5.41, 5.74) is 2.55. The lowest BCUT2D eigenvalue weighted by Gasteiger charge is -2.47. The van der Waals surface area contributed by atoms with Gasteiger partial charge in [-0.15, -0.1) is 0 Å². The van der Waals surface area contributed by atoms with Crippen LogP contribution >= 0.6 is 0 Å². The van der Waals surface area contributed by atoms with E-state index in [1.807, 2.05) is 12.1 Å². The van der Waals surface area contributed by atoms with Gasteiger partial charge in [-0.3, -0.25) is 4.90 Å². The molecule has 1 aliphatic carbocycles. The van der Waals surface area contributed by atoms with Gasteiger partial charge in [0.1, 0.15) is 0 Å². The van der Waals surface area contributed by atoms with Crippen molar-refractivity contribution in [1.82, 2.24) is 4.90 Å². The molecule has 186 valence electrons. The van der Waals surface area contributed by atoms with Gasteiger partial charge >= 0.3 is 6.18 Å². The number of aliphatic hydroxyl groups excluding tert-OH is 1. The van der Waals surface area contributed by atoms with Crippen molar-refractivity contribution in [1.29, 1.82) is 0 Å². The normalized spacial score (nSPS) is 31.0. The van der Waals surface area contributed by atoms with Gasteiger partial charge in [-0.1, -0.05) is 20.8 Å². The molecular formula is C26H38F3NO3. The minimum atomic E-state index is -4.11. The fourth-order valence-electron chi connectivity index (χ4n) is 6.03. The molecule has 4 rings (SSSR count). The van der Waals surface area contributed by atoms with Gasteiger partial charge < -0.3 is 14.6 Å². The third-order valence-electron chi connectivity index (χ3n) is 7.68. The first-order chi connectivity index (χ1) is 15.4. The highest BCUT2D eigenvalue weighted by atomic mass is 19.4. The van der Waals surface area contributed by atoms with Crippen LogP contribution in [0.2, 0.25) is 0 Å². The first-order valence-electron chi connectivity index (χ1n) is 12.3. The molecule has 2 aliphatic heterocycles. The second-order valence-electron chi connectivity index (χ2n) is 11.4. The van der Waals surface area contributed by atoms with Gasteiger partial charge in [0.05, 0.1) is 25.2 Å². The number of ether oxygens (including phenoxy) is 2. The second kappa shape index (κ2) is 9.29. The standard InChI is InChI=1S/C26H38F3NO3/c1-25(2,3)14-17-15-30-10-9-16-11-24(23(32-4)12-20(16)21(30)13-22(17)31)33-19-7-5-18(6-8-19)26(27,28)29/h11-12,17-19,21-22,31H,5-10,13-15H2,1-4H3. The zero-order valence-electron chi connectivity index (χ0n) is 20.3. The van der Waals surface area contributed by atoms with E-state index in [4.69, 9.17) is 9.47 Å². The van der Waals surface area contributed by atoms with Crippen molar-refractivity contribution in [2.75, 3.05) is 20.2 Å². The summed E-state index contributed by atoms with van der Waals surface area (Å²) in [6, 6.07) is 4.21. The lowest BCUT2D eigenvalue weighted by atomic mass is 9.75. The summed E-state index contributed by atoms with van der Waals surface area (Å²) < 4.78 is 50.8. The number of nitrogens with zero attached hydrogens (tertiary/aromatic N) is 1. The molecular weight excluding hydrogens is 431 g/mol. The number of hydrogen-bond donors (Lipinski definition) is 1. The molecule has 1 aromatic carbocycles. The maximum Gasteiger partial charge on any atom is 0.391 e. The molecule has 4 nitrogen and oxygen atoms in total. The van der Waals surface area contributed by atoms with Gasteiger partial charge in [0.2, 0.25) is 0 Å². The van der Waals surface area contributed by atoms with E-state index >= 15 is 0 Å². The summed E-state index contributed by atoms with van der Waals surface area (Å²) in [4.78, 5) is 2.49. The van der Waals surface area contributed by atoms with Crippen LogP contribution in [0, 0.1) is 17.3 Å². The molecule has 1 N–H and O–H groups in total. The lowest BCUT2D eigenvalue weighted by molar-refractivity contribution is -0.185. The summed E-state index contributed by atoms with van der Waals surface area (Å²) in [6.07, 6.45) is -1.02. The first kappa shape index (κ1) is 24.6. The molecule has 0 bridgehead atoms. The summed E-state index contributed by atoms with van der Waals surface area (Å²) in [5.74, 6) is 0.315. The van der Waals surface area contributed by atoms with E-state index < -0.39 is 12.1 Å². The van der Waals surface area contributed by atoms with Crippen LogP contribution in [0.15, 0.2) is 12.1 Å². The van der Waals surface area contributed by atoms with Crippen molar-refractivity contribution in [2.45, 2.75) is 90.1 Å². The Labute approximate surface area is 195 Å². The Bertz CT molecular complexity index is 827. The fourth-order valence-corrected chi connectivity index (χ4v) is 6.03. The van der Waals surface area contributed by atoms with Crippen molar-refractivity contribution in [3.63, 3.8) is 0 Å². The number of piperidine rings is 1. The number of rotatable bonds is 4. The number of benzene rings is 1. The summed E-state index contributed by atoms with van der Waals surface area (Å²) in [6.45, 7) is 8.50. The molecule has 1 saturated heterocycles. The number of halogens is 3. The molecule has 3 atom stereocenters. The molecule has 1 aromatic rings. The van der Waals surface area contributed by atoms with Gasteiger partial charge in [0, 0.05) is 19.1 Å². The third-order valence-corrected chi connectivity index (χ3v) is 7.68. The predicted molar refractivity (Wildman–Crippen MR) is 122 cm³/mol. The maximum absolute atomic E-state index is 13.0. The molecule has 0 amide bonds. The largest absolute Gasteiger partial charge is 0.493 e. The molecule has 3 unspecified atom stereocenters. The Morgan fingerprint density at radius 3 is 2.36 bits per heavy atom. The van der Waals surface area contributed by atoms with Gasteiger partial charge in [-0.25, -0.2) is 0 Å². The summed E-state index contributed by atoms with van der Waals surface area (Å²) in [7, 11) is 1.60. The van der Waals surface area contributed by atoms with E-state index in [0.717, 1.165) is 25.9 Å². The minimum absolute atomic E-state index is 0.117. The monoisotopic (exact) mass is 469 g/mol. The van der Waals surface area contributed by atoms with Crippen molar-refractivity contribution in [3.05, 3.63) is 23.3 Å². The zero-order valence-corrected chi connectivity index (χ0v) is 20.3. The highest BCUT2D eigenvalue weighted by molar-refractivity contribution is 5.50. The van der Waals surface area contributed by atoms with Crippen LogP contribution in [-0.2, 0) is 6.42 Å². The van der Waals surface area contributed by atoms with Crippen LogP contribution in [-0.4, -0.2) is 48.6 Å². The van der Waals surface area contributed by atoms with Crippen molar-refractivity contribution in [2.24, 2.45) is 17.3 Å². The van der Waals surface area contributed by atoms with Crippen LogP contribution in [0.1, 0.15) is 76.5 Å². The van der Waals surface area contributed by atoms with E-state index in [-0.39, 0.29) is 42.4 Å². The molecule has 7 heteroatoms. The van der Waals surface area contributed by atoms with Crippen molar-refractivity contribution >= 4 is 0 Å². The number of fused-ring (bicyclic) bond motifs is 3. The smallest absolute Gasteiger partial charge is 0.391 e. The summed E-state index contributed by atoms with van der Waals surface area (Å²) in [5, 5.41) is 10.9. The number of aliphatic hydroxyl groups is 1. The van der Waals surface area contributed by atoms with E-state index in [1.54, 1.807) is 7.11 Å². The predicted octanol–water partition coefficient (Wildman–Crippen LogP) is 5.91. The van der Waals surface area contributed by atoms with E-state index in [2.05, 4.69) is 25.7 Å². The topological polar surface area (TPSA) is 41.9 Å². The van der Waals surface area contributed by atoms with E-state index in [1.165, 1.54) is 11.1 Å². The molecule has 0 aromatic heterocycles. The zero-order chi connectivity index (χ0) is 24.0. The molecule has 33 heavy (non-hydrogen) atoms. The van der Waals surface area contributed by atoms with Gasteiger partial charge in [-0.2, -0.15) is 13.2 Å². The van der Waals surface area contributed by atoms with Crippen LogP contribution in [0.25, 0.3) is 0 Å². The molecule has 0 radical (unpaired) electrons. The highest BCUT2D eigenvalue weighted by Crippen LogP contribution is 2.45. The van der Waals surface area contributed by atoms with Crippen molar-refractivity contribution < 1.29 is 27.8 Å². The Morgan fingerprint density at radius 1 is 1.06 bits per heavy atom. The van der Waals surface area contributed by atoms with Crippen LogP contribution in [0.5, 0.6) is 11.5 Å². The van der Waals surface area contributed by atoms with E-state index in [9.17, 15) is 18.3 Å². The number of methoxy groups -OCH3 is 1. The Hall–Kier alpha value is -1.47. The molecule has 2 heterocycles. The number of alkyl halides is 3. The Kier molecular flexibility index (Phi) is 6.94. The van der Waals surface area contributed by atoms with E-state index in [0.29, 0.717) is 30.8 Å². The van der Waals surface area contributed by atoms with Gasteiger partial charge in [0.25, 0.3) is 0 Å². The van der Waals surface area contributed by atoms with Crippen LogP contribution in [0.3, 0.4) is 0 Å². The highest BCUT2D eigenvalue weighted by Gasteiger charge is 2.42. The van der Waals surface area contributed by atoms with Crippen LogP contribution in [0.4, 0.5) is 13.2 Å². The summed E-state index contributed by atoms with van der Waals surface area (Å²) >= 11 is 0. The first-order valence-corrected chi connectivity index (χ1v) is 12.3. The average molecular weight is 470 g/mol. The minimum Gasteiger partial charge on any atom is -0.493 e. The third kappa shape index (κ3) is 5.61. The van der Waals surface area contributed by atoms with Gasteiger partial charge in [0.15, 0.2) is 11.5 Å². The average Bonchev–Trinajstić information content (AvgIpc) is 2.72. The SMILES string of the molecule is COc1cc2c(cc1OC1CCC(C(F)(F)F)CC1)CCN1CC(CC(C)(C)C)C(O)CC21. The second-order valence-corrected chi connectivity index (χ2v) is 11.4. The number of hydrogen-bond acceptors (Lipinski definition) is 4. The molecule has 2 fully saturated rings. The Morgan fingerprint density at radius 2 is 1.76 bits per heavy atom. The van der Waals surface area contributed by atoms with Crippen molar-refractivity contribution in [3.8, 4) is 11.5 Å². The van der Waals surface area contributed by atoms with Gasteiger partial charge in [-0.05, 0) is 79.5 Å². The van der Waals surface area contributed by atoms with Crippen LogP contribution < -0.4 is 9.47 Å².